The highest BCUT2D eigenvalue weighted by atomic mass is 16.5. The van der Waals surface area contributed by atoms with Crippen molar-refractivity contribution in [3.8, 4) is 0 Å². The third-order valence-corrected chi connectivity index (χ3v) is 4.19. The van der Waals surface area contributed by atoms with Crippen molar-refractivity contribution in [2.45, 2.75) is 38.3 Å². The number of aromatic amines is 1. The number of imidazole rings is 1. The fourth-order valence-electron chi connectivity index (χ4n) is 3.07. The van der Waals surface area contributed by atoms with Crippen LogP contribution >= 0.6 is 0 Å². The van der Waals surface area contributed by atoms with E-state index in [2.05, 4.69) is 9.97 Å². The van der Waals surface area contributed by atoms with Gasteiger partial charge in [0.15, 0.2) is 0 Å². The number of nitrogens with one attached hydrogen (secondary N) is 1. The van der Waals surface area contributed by atoms with Crippen molar-refractivity contribution in [2.75, 3.05) is 13.7 Å². The number of rotatable bonds is 4. The maximum Gasteiger partial charge on any atom is 0.252 e. The SMILES string of the molecule is CC[C@H](OC)C(=O)N1CCC[C@H]1c1nc2ccccc2[nH]1. The number of carbonyl (C=O) groups is 1. The number of methoxy groups -OCH3 is 1. The summed E-state index contributed by atoms with van der Waals surface area (Å²) in [4.78, 5) is 22.5. The van der Waals surface area contributed by atoms with Gasteiger partial charge in [-0.2, -0.15) is 0 Å². The van der Waals surface area contributed by atoms with E-state index in [1.807, 2.05) is 36.1 Å². The van der Waals surface area contributed by atoms with Gasteiger partial charge in [-0.1, -0.05) is 19.1 Å². The second kappa shape index (κ2) is 5.85. The van der Waals surface area contributed by atoms with Crippen molar-refractivity contribution in [3.05, 3.63) is 30.1 Å². The zero-order valence-electron chi connectivity index (χ0n) is 12.5. The Hall–Kier alpha value is -1.88. The molecule has 1 amide bonds. The summed E-state index contributed by atoms with van der Waals surface area (Å²) in [6, 6.07) is 7.99. The van der Waals surface area contributed by atoms with Crippen molar-refractivity contribution in [1.82, 2.24) is 14.9 Å². The molecule has 2 heterocycles. The fourth-order valence-corrected chi connectivity index (χ4v) is 3.07. The Morgan fingerprint density at radius 3 is 3.05 bits per heavy atom. The van der Waals surface area contributed by atoms with E-state index in [0.29, 0.717) is 6.42 Å². The van der Waals surface area contributed by atoms with Gasteiger partial charge in [-0.05, 0) is 31.4 Å². The number of ether oxygens (including phenoxy) is 1. The standard InChI is InChI=1S/C16H21N3O2/c1-3-14(21-2)16(20)19-10-6-9-13(19)15-17-11-7-4-5-8-12(11)18-15/h4-5,7-8,13-14H,3,6,9-10H2,1-2H3,(H,17,18)/t13-,14-/m0/s1. The van der Waals surface area contributed by atoms with Crippen molar-refractivity contribution < 1.29 is 9.53 Å². The summed E-state index contributed by atoms with van der Waals surface area (Å²) in [5.74, 6) is 0.955. The first-order chi connectivity index (χ1) is 10.2. The number of hydrogen-bond donors (Lipinski definition) is 1. The van der Waals surface area contributed by atoms with Crippen LogP contribution in [-0.4, -0.2) is 40.5 Å². The lowest BCUT2D eigenvalue weighted by Crippen LogP contribution is -2.39. The number of nitrogens with zero attached hydrogens (tertiary/aromatic N) is 2. The largest absolute Gasteiger partial charge is 0.372 e. The third kappa shape index (κ3) is 2.53. The molecular weight excluding hydrogens is 266 g/mol. The van der Waals surface area contributed by atoms with Gasteiger partial charge in [0.25, 0.3) is 5.91 Å². The Bertz CT molecular complexity index is 600. The first-order valence-electron chi connectivity index (χ1n) is 7.52. The zero-order chi connectivity index (χ0) is 14.8. The summed E-state index contributed by atoms with van der Waals surface area (Å²) in [7, 11) is 1.60. The number of carbonyl (C=O) groups excluding carboxylic acids is 1. The summed E-state index contributed by atoms with van der Waals surface area (Å²) in [6.07, 6.45) is 2.30. The Labute approximate surface area is 124 Å². The van der Waals surface area contributed by atoms with Gasteiger partial charge in [-0.15, -0.1) is 0 Å². The molecule has 1 aliphatic rings. The Balaban J connectivity index is 1.88. The van der Waals surface area contributed by atoms with Gasteiger partial charge in [-0.3, -0.25) is 4.79 Å². The molecule has 1 aromatic heterocycles. The Morgan fingerprint density at radius 2 is 2.33 bits per heavy atom. The van der Waals surface area contributed by atoms with Crippen molar-refractivity contribution in [1.29, 1.82) is 0 Å². The number of H-pyrrole nitrogens is 1. The van der Waals surface area contributed by atoms with Crippen LogP contribution in [0.15, 0.2) is 24.3 Å². The molecule has 5 nitrogen and oxygen atoms in total. The normalized spacial score (nSPS) is 20.1. The highest BCUT2D eigenvalue weighted by Crippen LogP contribution is 2.32. The third-order valence-electron chi connectivity index (χ3n) is 4.19. The van der Waals surface area contributed by atoms with E-state index in [0.717, 1.165) is 36.2 Å². The Morgan fingerprint density at radius 1 is 1.52 bits per heavy atom. The van der Waals surface area contributed by atoms with Crippen LogP contribution in [0.1, 0.15) is 38.1 Å². The van der Waals surface area contributed by atoms with E-state index in [1.165, 1.54) is 0 Å². The topological polar surface area (TPSA) is 58.2 Å². The molecule has 5 heteroatoms. The van der Waals surface area contributed by atoms with Gasteiger partial charge in [0.2, 0.25) is 0 Å². The first-order valence-corrected chi connectivity index (χ1v) is 7.52. The molecule has 0 saturated carbocycles. The van der Waals surface area contributed by atoms with Crippen LogP contribution in [0.2, 0.25) is 0 Å². The molecule has 0 radical (unpaired) electrons. The number of amides is 1. The highest BCUT2D eigenvalue weighted by Gasteiger charge is 2.35. The molecule has 2 atom stereocenters. The summed E-state index contributed by atoms with van der Waals surface area (Å²) in [5, 5.41) is 0. The Kier molecular flexibility index (Phi) is 3.92. The second-order valence-electron chi connectivity index (χ2n) is 5.46. The minimum atomic E-state index is -0.352. The highest BCUT2D eigenvalue weighted by molar-refractivity contribution is 5.82. The molecular formula is C16H21N3O2. The molecule has 0 aliphatic carbocycles. The van der Waals surface area contributed by atoms with Gasteiger partial charge in [-0.25, -0.2) is 4.98 Å². The van der Waals surface area contributed by atoms with Crippen LogP contribution in [0, 0.1) is 0 Å². The van der Waals surface area contributed by atoms with E-state index >= 15 is 0 Å². The van der Waals surface area contributed by atoms with E-state index in [4.69, 9.17) is 4.74 Å². The van der Waals surface area contributed by atoms with Gasteiger partial charge < -0.3 is 14.6 Å². The number of fused-ring (bicyclic) bond motifs is 1. The van der Waals surface area contributed by atoms with Crippen molar-refractivity contribution in [2.24, 2.45) is 0 Å². The van der Waals surface area contributed by atoms with E-state index in [9.17, 15) is 4.79 Å². The average molecular weight is 287 g/mol. The fraction of sp³-hybridized carbons (Fsp3) is 0.500. The predicted octanol–water partition coefficient (Wildman–Crippen LogP) is 2.65. The number of para-hydroxylation sites is 2. The van der Waals surface area contributed by atoms with Crippen molar-refractivity contribution >= 4 is 16.9 Å². The van der Waals surface area contributed by atoms with Gasteiger partial charge in [0.1, 0.15) is 11.9 Å². The summed E-state index contributed by atoms with van der Waals surface area (Å²) < 4.78 is 5.29. The number of aromatic nitrogens is 2. The average Bonchev–Trinajstić information content (AvgIpc) is 3.14. The van der Waals surface area contributed by atoms with E-state index in [1.54, 1.807) is 7.11 Å². The summed E-state index contributed by atoms with van der Waals surface area (Å²) in [5.41, 5.74) is 1.97. The molecule has 3 rings (SSSR count). The number of benzene rings is 1. The molecule has 1 saturated heterocycles. The quantitative estimate of drug-likeness (QED) is 0.940. The lowest BCUT2D eigenvalue weighted by Gasteiger charge is -2.26. The summed E-state index contributed by atoms with van der Waals surface area (Å²) in [6.45, 7) is 2.75. The number of likely N-dealkylation sites (tertiary alicyclic amines) is 1. The number of hydrogen-bond acceptors (Lipinski definition) is 3. The molecule has 0 unspecified atom stereocenters. The molecule has 0 bridgehead atoms. The lowest BCUT2D eigenvalue weighted by atomic mass is 10.2. The molecule has 21 heavy (non-hydrogen) atoms. The monoisotopic (exact) mass is 287 g/mol. The van der Waals surface area contributed by atoms with Gasteiger partial charge >= 0.3 is 0 Å². The molecule has 0 spiro atoms. The minimum absolute atomic E-state index is 0.0362. The van der Waals surface area contributed by atoms with Crippen LogP contribution < -0.4 is 0 Å². The van der Waals surface area contributed by atoms with Gasteiger partial charge in [0.05, 0.1) is 17.1 Å². The summed E-state index contributed by atoms with van der Waals surface area (Å²) >= 11 is 0. The van der Waals surface area contributed by atoms with E-state index < -0.39 is 0 Å². The molecule has 2 aromatic rings. The predicted molar refractivity (Wildman–Crippen MR) is 80.9 cm³/mol. The van der Waals surface area contributed by atoms with Crippen LogP contribution in [0.25, 0.3) is 11.0 Å². The van der Waals surface area contributed by atoms with E-state index in [-0.39, 0.29) is 18.1 Å². The molecule has 112 valence electrons. The minimum Gasteiger partial charge on any atom is -0.372 e. The second-order valence-corrected chi connectivity index (χ2v) is 5.46. The van der Waals surface area contributed by atoms with Gasteiger partial charge in [0, 0.05) is 13.7 Å². The molecule has 1 aromatic carbocycles. The van der Waals surface area contributed by atoms with Crippen LogP contribution in [0.3, 0.4) is 0 Å². The van der Waals surface area contributed by atoms with Crippen LogP contribution in [0.4, 0.5) is 0 Å². The van der Waals surface area contributed by atoms with Crippen LogP contribution in [0.5, 0.6) is 0 Å². The lowest BCUT2D eigenvalue weighted by molar-refractivity contribution is -0.143. The smallest absolute Gasteiger partial charge is 0.252 e. The van der Waals surface area contributed by atoms with Crippen LogP contribution in [-0.2, 0) is 9.53 Å². The molecule has 1 fully saturated rings. The molecule has 1 N–H and O–H groups in total. The zero-order valence-corrected chi connectivity index (χ0v) is 12.5. The molecule has 1 aliphatic heterocycles. The maximum atomic E-state index is 12.6. The van der Waals surface area contributed by atoms with Crippen molar-refractivity contribution in [3.63, 3.8) is 0 Å². The maximum absolute atomic E-state index is 12.6. The first kappa shape index (κ1) is 14.1.